The Morgan fingerprint density at radius 2 is 0.959 bits per heavy atom. The lowest BCUT2D eigenvalue weighted by atomic mass is 9.93. The maximum absolute atomic E-state index is 5.05. The Bertz CT molecular complexity index is 2150. The molecule has 0 unspecified atom stereocenters. The van der Waals surface area contributed by atoms with Crippen molar-refractivity contribution in [1.29, 1.82) is 0 Å². The van der Waals surface area contributed by atoms with Crippen molar-refractivity contribution < 1.29 is 0 Å². The van der Waals surface area contributed by atoms with Gasteiger partial charge >= 0.3 is 0 Å². The number of hydrogen-bond donors (Lipinski definition) is 0. The van der Waals surface area contributed by atoms with Gasteiger partial charge in [0, 0.05) is 34.1 Å². The summed E-state index contributed by atoms with van der Waals surface area (Å²) in [7, 11) is 0. The Morgan fingerprint density at radius 1 is 0.449 bits per heavy atom. The molecular formula is C45H40N4. The number of pyridine rings is 1. The van der Waals surface area contributed by atoms with Crippen LogP contribution in [0.15, 0.2) is 146 Å². The Morgan fingerprint density at radius 3 is 1.53 bits per heavy atom. The lowest BCUT2D eigenvalue weighted by Gasteiger charge is -2.14. The number of aryl methyl sites for hydroxylation is 2. The summed E-state index contributed by atoms with van der Waals surface area (Å²) in [5.74, 6) is 1.91. The van der Waals surface area contributed by atoms with Gasteiger partial charge in [0.2, 0.25) is 0 Å². The highest BCUT2D eigenvalue weighted by Gasteiger charge is 2.15. The first-order valence-electron chi connectivity index (χ1n) is 16.8. The maximum Gasteiger partial charge on any atom is 0.164 e. The van der Waals surface area contributed by atoms with Crippen LogP contribution in [0.1, 0.15) is 37.6 Å². The third kappa shape index (κ3) is 7.45. The van der Waals surface area contributed by atoms with Crippen LogP contribution >= 0.6 is 0 Å². The van der Waals surface area contributed by atoms with Gasteiger partial charge in [-0.05, 0) is 90.0 Å². The Balaban J connectivity index is 0.00000205. The van der Waals surface area contributed by atoms with Crippen LogP contribution in [0.2, 0.25) is 0 Å². The van der Waals surface area contributed by atoms with Crippen LogP contribution in [-0.2, 0) is 0 Å². The number of rotatable bonds is 7. The smallest absolute Gasteiger partial charge is 0.164 e. The molecule has 0 atom stereocenters. The van der Waals surface area contributed by atoms with E-state index in [0.29, 0.717) is 17.5 Å². The minimum Gasteiger partial charge on any atom is -0.261 e. The zero-order valence-corrected chi connectivity index (χ0v) is 28.7. The first-order chi connectivity index (χ1) is 24.1. The second-order valence-electron chi connectivity index (χ2n) is 11.6. The summed E-state index contributed by atoms with van der Waals surface area (Å²) in [6, 6.07) is 46.3. The van der Waals surface area contributed by atoms with Gasteiger partial charge in [0.1, 0.15) is 0 Å². The molecule has 49 heavy (non-hydrogen) atoms. The van der Waals surface area contributed by atoms with E-state index in [1.165, 1.54) is 11.1 Å². The van der Waals surface area contributed by atoms with E-state index in [-0.39, 0.29) is 0 Å². The molecule has 0 N–H and O–H groups in total. The number of nitrogens with zero attached hydrogens (tertiary/aromatic N) is 4. The van der Waals surface area contributed by atoms with E-state index < -0.39 is 0 Å². The van der Waals surface area contributed by atoms with E-state index in [4.69, 9.17) is 15.0 Å². The fourth-order valence-corrected chi connectivity index (χ4v) is 5.84. The number of hydrogen-bond acceptors (Lipinski definition) is 4. The molecule has 0 aliphatic carbocycles. The average molecular weight is 637 g/mol. The van der Waals surface area contributed by atoms with Crippen molar-refractivity contribution in [3.63, 3.8) is 0 Å². The molecule has 0 aliphatic rings. The summed E-state index contributed by atoms with van der Waals surface area (Å²) < 4.78 is 0. The molecule has 0 radical (unpaired) electrons. The van der Waals surface area contributed by atoms with Gasteiger partial charge < -0.3 is 0 Å². The Hall–Kier alpha value is -6.00. The summed E-state index contributed by atoms with van der Waals surface area (Å²) in [5, 5.41) is 0. The fourth-order valence-electron chi connectivity index (χ4n) is 5.84. The van der Waals surface area contributed by atoms with Crippen LogP contribution in [0.25, 0.3) is 73.6 Å². The summed E-state index contributed by atoms with van der Waals surface area (Å²) in [6.45, 7) is 10.2. The molecule has 240 valence electrons. The largest absolute Gasteiger partial charge is 0.261 e. The second kappa shape index (κ2) is 15.3. The topological polar surface area (TPSA) is 51.6 Å². The third-order valence-corrected chi connectivity index (χ3v) is 8.39. The highest BCUT2D eigenvalue weighted by atomic mass is 15.0. The molecule has 4 heteroatoms. The molecule has 0 fully saturated rings. The van der Waals surface area contributed by atoms with Gasteiger partial charge in [-0.1, -0.05) is 129 Å². The highest BCUT2D eigenvalue weighted by Crippen LogP contribution is 2.35. The minimum atomic E-state index is 0.629. The summed E-state index contributed by atoms with van der Waals surface area (Å²) >= 11 is 0. The predicted octanol–water partition coefficient (Wildman–Crippen LogP) is 11.9. The van der Waals surface area contributed by atoms with Gasteiger partial charge in [-0.15, -0.1) is 0 Å². The number of allylic oxidation sites excluding steroid dienone is 1. The van der Waals surface area contributed by atoms with Crippen LogP contribution < -0.4 is 0 Å². The first kappa shape index (κ1) is 32.9. The number of benzene rings is 5. The lowest BCUT2D eigenvalue weighted by molar-refractivity contribution is 1.07. The summed E-state index contributed by atoms with van der Waals surface area (Å²) in [5.41, 5.74) is 13.0. The second-order valence-corrected chi connectivity index (χ2v) is 11.6. The van der Waals surface area contributed by atoms with E-state index >= 15 is 0 Å². The van der Waals surface area contributed by atoms with Crippen molar-refractivity contribution >= 4 is 6.08 Å². The molecule has 0 spiro atoms. The zero-order chi connectivity index (χ0) is 34.2. The van der Waals surface area contributed by atoms with Crippen molar-refractivity contribution in [3.05, 3.63) is 163 Å². The van der Waals surface area contributed by atoms with Gasteiger partial charge in [0.05, 0.1) is 0 Å². The lowest BCUT2D eigenvalue weighted by Crippen LogP contribution is -2.00. The van der Waals surface area contributed by atoms with Crippen LogP contribution in [-0.4, -0.2) is 19.9 Å². The number of aromatic nitrogens is 4. The molecule has 0 bridgehead atoms. The van der Waals surface area contributed by atoms with Crippen molar-refractivity contribution in [1.82, 2.24) is 19.9 Å². The van der Waals surface area contributed by atoms with E-state index in [2.05, 4.69) is 97.7 Å². The minimum absolute atomic E-state index is 0.629. The zero-order valence-electron chi connectivity index (χ0n) is 28.7. The maximum atomic E-state index is 5.05. The van der Waals surface area contributed by atoms with E-state index in [1.54, 1.807) is 0 Å². The SMILES string of the molecule is C/C=C\c1cc(-c2cc(-c3ccc(-c4cccnc4C)cc3)cc(-c3nc(-c4ccccc4)nc(-c4ccccc4)n3)c2)ccc1C.CC. The molecule has 2 aromatic heterocycles. The summed E-state index contributed by atoms with van der Waals surface area (Å²) in [6.07, 6.45) is 6.08. The molecule has 5 aromatic carbocycles. The molecule has 0 amide bonds. The molecule has 0 saturated carbocycles. The predicted molar refractivity (Wildman–Crippen MR) is 206 cm³/mol. The Kier molecular flexibility index (Phi) is 10.3. The monoisotopic (exact) mass is 636 g/mol. The van der Waals surface area contributed by atoms with Crippen molar-refractivity contribution in [2.24, 2.45) is 0 Å². The van der Waals surface area contributed by atoms with Gasteiger partial charge in [0.15, 0.2) is 17.5 Å². The summed E-state index contributed by atoms with van der Waals surface area (Å²) in [4.78, 5) is 19.5. The molecule has 7 aromatic rings. The van der Waals surface area contributed by atoms with E-state index in [9.17, 15) is 0 Å². The van der Waals surface area contributed by atoms with E-state index in [0.717, 1.165) is 55.8 Å². The molecule has 4 nitrogen and oxygen atoms in total. The molecule has 7 rings (SSSR count). The van der Waals surface area contributed by atoms with Gasteiger partial charge in [-0.2, -0.15) is 0 Å². The van der Waals surface area contributed by atoms with Crippen LogP contribution in [0, 0.1) is 13.8 Å². The quantitative estimate of drug-likeness (QED) is 0.175. The third-order valence-electron chi connectivity index (χ3n) is 8.39. The highest BCUT2D eigenvalue weighted by molar-refractivity contribution is 5.82. The van der Waals surface area contributed by atoms with Crippen molar-refractivity contribution in [3.8, 4) is 67.5 Å². The van der Waals surface area contributed by atoms with Gasteiger partial charge in [-0.25, -0.2) is 15.0 Å². The average Bonchev–Trinajstić information content (AvgIpc) is 3.17. The van der Waals surface area contributed by atoms with Crippen molar-refractivity contribution in [2.45, 2.75) is 34.6 Å². The molecule has 2 heterocycles. The standard InChI is InChI=1S/C43H34N4.C2H6/c1-4-12-35-25-36(19-18-29(35)2)38-26-37(31-20-22-32(23-21-31)40-17-11-24-44-30(40)3)27-39(28-38)43-46-41(33-13-7-5-8-14-33)45-42(47-43)34-15-9-6-10-16-34;1-2/h4-28H,1-3H3;1-2H3/b12-4-;. The molecule has 0 aliphatic heterocycles. The molecule has 0 saturated heterocycles. The fraction of sp³-hybridized carbons (Fsp3) is 0.111. The van der Waals surface area contributed by atoms with Gasteiger partial charge in [-0.3, -0.25) is 4.98 Å². The first-order valence-corrected chi connectivity index (χ1v) is 16.8. The van der Waals surface area contributed by atoms with Crippen LogP contribution in [0.5, 0.6) is 0 Å². The van der Waals surface area contributed by atoms with Crippen LogP contribution in [0.3, 0.4) is 0 Å². The van der Waals surface area contributed by atoms with Crippen LogP contribution in [0.4, 0.5) is 0 Å². The molecular weight excluding hydrogens is 597 g/mol. The normalized spacial score (nSPS) is 10.9. The Labute approximate surface area is 290 Å². The van der Waals surface area contributed by atoms with Crippen molar-refractivity contribution in [2.75, 3.05) is 0 Å². The van der Waals surface area contributed by atoms with E-state index in [1.807, 2.05) is 93.7 Å². The van der Waals surface area contributed by atoms with Gasteiger partial charge in [0.25, 0.3) is 0 Å².